The Hall–Kier alpha value is -1.97. The fourth-order valence-electron chi connectivity index (χ4n) is 2.38. The molecule has 0 fully saturated rings. The zero-order chi connectivity index (χ0) is 16.4. The third kappa shape index (κ3) is 3.52. The summed E-state index contributed by atoms with van der Waals surface area (Å²) >= 11 is 12.0. The van der Waals surface area contributed by atoms with E-state index < -0.39 is 0 Å². The Labute approximate surface area is 145 Å². The minimum atomic E-state index is 0.569. The van der Waals surface area contributed by atoms with Gasteiger partial charge in [0.1, 0.15) is 5.82 Å². The van der Waals surface area contributed by atoms with Crippen molar-refractivity contribution in [3.8, 4) is 0 Å². The van der Waals surface area contributed by atoms with Crippen LogP contribution in [-0.2, 0) is 6.54 Å². The first kappa shape index (κ1) is 15.9. The molecule has 0 aliphatic heterocycles. The SMILES string of the molecule is CN(C)c1cc(NCc2ccc(Cl)c(Cl)c2)c2ccccc2n1. The lowest BCUT2D eigenvalue weighted by atomic mass is 10.1. The molecule has 3 rings (SSSR count). The number of hydrogen-bond donors (Lipinski definition) is 1. The highest BCUT2D eigenvalue weighted by Crippen LogP contribution is 2.28. The lowest BCUT2D eigenvalue weighted by molar-refractivity contribution is 1.08. The molecule has 0 saturated heterocycles. The van der Waals surface area contributed by atoms with Crippen molar-refractivity contribution in [3.05, 3.63) is 64.1 Å². The maximum atomic E-state index is 6.08. The predicted molar refractivity (Wildman–Crippen MR) is 99.9 cm³/mol. The Balaban J connectivity index is 1.93. The number of aromatic nitrogens is 1. The topological polar surface area (TPSA) is 28.2 Å². The molecule has 1 N–H and O–H groups in total. The highest BCUT2D eigenvalue weighted by atomic mass is 35.5. The van der Waals surface area contributed by atoms with Crippen LogP contribution >= 0.6 is 23.2 Å². The zero-order valence-corrected chi connectivity index (χ0v) is 14.5. The van der Waals surface area contributed by atoms with E-state index in [4.69, 9.17) is 23.2 Å². The van der Waals surface area contributed by atoms with Crippen molar-refractivity contribution in [3.63, 3.8) is 0 Å². The van der Waals surface area contributed by atoms with Crippen LogP contribution in [-0.4, -0.2) is 19.1 Å². The molecular formula is C18H17Cl2N3. The normalized spacial score (nSPS) is 10.8. The first-order valence-corrected chi connectivity index (χ1v) is 8.05. The van der Waals surface area contributed by atoms with Gasteiger partial charge in [0.25, 0.3) is 0 Å². The van der Waals surface area contributed by atoms with Crippen LogP contribution in [0.4, 0.5) is 11.5 Å². The van der Waals surface area contributed by atoms with E-state index in [0.29, 0.717) is 16.6 Å². The van der Waals surface area contributed by atoms with Gasteiger partial charge < -0.3 is 10.2 Å². The third-order valence-electron chi connectivity index (χ3n) is 3.63. The molecule has 1 aromatic heterocycles. The van der Waals surface area contributed by atoms with E-state index in [1.54, 1.807) is 0 Å². The third-order valence-corrected chi connectivity index (χ3v) is 4.37. The van der Waals surface area contributed by atoms with Crippen LogP contribution in [0.5, 0.6) is 0 Å². The zero-order valence-electron chi connectivity index (χ0n) is 13.0. The maximum Gasteiger partial charge on any atom is 0.130 e. The lowest BCUT2D eigenvalue weighted by Gasteiger charge is -2.16. The molecule has 0 spiro atoms. The van der Waals surface area contributed by atoms with Gasteiger partial charge in [-0.1, -0.05) is 47.5 Å². The molecule has 0 radical (unpaired) electrons. The number of anilines is 2. The molecule has 0 aliphatic carbocycles. The van der Waals surface area contributed by atoms with E-state index in [9.17, 15) is 0 Å². The van der Waals surface area contributed by atoms with Crippen molar-refractivity contribution < 1.29 is 0 Å². The summed E-state index contributed by atoms with van der Waals surface area (Å²) in [6.07, 6.45) is 0. The van der Waals surface area contributed by atoms with Crippen molar-refractivity contribution in [1.82, 2.24) is 4.98 Å². The summed E-state index contributed by atoms with van der Waals surface area (Å²) in [6, 6.07) is 15.8. The molecule has 2 aromatic carbocycles. The Morgan fingerprint density at radius 2 is 1.78 bits per heavy atom. The summed E-state index contributed by atoms with van der Waals surface area (Å²) in [4.78, 5) is 6.66. The minimum Gasteiger partial charge on any atom is -0.380 e. The number of nitrogens with one attached hydrogen (secondary N) is 1. The summed E-state index contributed by atoms with van der Waals surface area (Å²) in [5, 5.41) is 5.71. The van der Waals surface area contributed by atoms with E-state index in [-0.39, 0.29) is 0 Å². The molecule has 0 aliphatic rings. The van der Waals surface area contributed by atoms with Crippen molar-refractivity contribution >= 4 is 45.6 Å². The fraction of sp³-hybridized carbons (Fsp3) is 0.167. The quantitative estimate of drug-likeness (QED) is 0.702. The summed E-state index contributed by atoms with van der Waals surface area (Å²) < 4.78 is 0. The molecule has 23 heavy (non-hydrogen) atoms. The number of fused-ring (bicyclic) bond motifs is 1. The Kier molecular flexibility index (Phi) is 4.60. The van der Waals surface area contributed by atoms with Crippen LogP contribution in [0.1, 0.15) is 5.56 Å². The molecule has 5 heteroatoms. The van der Waals surface area contributed by atoms with Gasteiger partial charge in [-0.2, -0.15) is 0 Å². The molecular weight excluding hydrogens is 329 g/mol. The number of halogens is 2. The number of para-hydroxylation sites is 1. The van der Waals surface area contributed by atoms with Gasteiger partial charge in [0.15, 0.2) is 0 Å². The first-order chi connectivity index (χ1) is 11.0. The molecule has 0 atom stereocenters. The van der Waals surface area contributed by atoms with Crippen LogP contribution in [0.3, 0.4) is 0 Å². The van der Waals surface area contributed by atoms with Crippen LogP contribution in [0, 0.1) is 0 Å². The number of hydrogen-bond acceptors (Lipinski definition) is 3. The average molecular weight is 346 g/mol. The van der Waals surface area contributed by atoms with Crippen LogP contribution in [0.15, 0.2) is 48.5 Å². The molecule has 0 amide bonds. The Morgan fingerprint density at radius 1 is 1.00 bits per heavy atom. The van der Waals surface area contributed by atoms with Crippen molar-refractivity contribution in [2.45, 2.75) is 6.54 Å². The first-order valence-electron chi connectivity index (χ1n) is 7.29. The van der Waals surface area contributed by atoms with Gasteiger partial charge in [0.05, 0.1) is 15.6 Å². The largest absolute Gasteiger partial charge is 0.380 e. The minimum absolute atomic E-state index is 0.569. The van der Waals surface area contributed by atoms with Gasteiger partial charge >= 0.3 is 0 Å². The Bertz CT molecular complexity index is 847. The summed E-state index contributed by atoms with van der Waals surface area (Å²) in [6.45, 7) is 0.664. The van der Waals surface area contributed by atoms with Gasteiger partial charge in [0, 0.05) is 37.8 Å². The van der Waals surface area contributed by atoms with Crippen LogP contribution in [0.2, 0.25) is 10.0 Å². The second kappa shape index (κ2) is 6.65. The molecule has 0 bridgehead atoms. The Morgan fingerprint density at radius 3 is 2.52 bits per heavy atom. The van der Waals surface area contributed by atoms with Crippen molar-refractivity contribution in [2.75, 3.05) is 24.3 Å². The highest BCUT2D eigenvalue weighted by Gasteiger charge is 2.07. The maximum absolute atomic E-state index is 6.08. The van der Waals surface area contributed by atoms with Crippen LogP contribution in [0.25, 0.3) is 10.9 Å². The molecule has 3 aromatic rings. The second-order valence-electron chi connectivity index (χ2n) is 5.54. The number of benzene rings is 2. The molecule has 0 saturated carbocycles. The number of pyridine rings is 1. The summed E-state index contributed by atoms with van der Waals surface area (Å²) in [7, 11) is 3.97. The van der Waals surface area contributed by atoms with E-state index in [1.165, 1.54) is 0 Å². The van der Waals surface area contributed by atoms with E-state index >= 15 is 0 Å². The summed E-state index contributed by atoms with van der Waals surface area (Å²) in [5.74, 6) is 0.917. The molecule has 3 nitrogen and oxygen atoms in total. The average Bonchev–Trinajstić information content (AvgIpc) is 2.55. The van der Waals surface area contributed by atoms with Gasteiger partial charge in [-0.05, 0) is 23.8 Å². The van der Waals surface area contributed by atoms with Crippen molar-refractivity contribution in [1.29, 1.82) is 0 Å². The van der Waals surface area contributed by atoms with Gasteiger partial charge in [-0.25, -0.2) is 4.98 Å². The van der Waals surface area contributed by atoms with Crippen molar-refractivity contribution in [2.24, 2.45) is 0 Å². The predicted octanol–water partition coefficient (Wildman–Crippen LogP) is 5.22. The van der Waals surface area contributed by atoms with E-state index in [0.717, 1.165) is 28.0 Å². The molecule has 1 heterocycles. The smallest absolute Gasteiger partial charge is 0.130 e. The van der Waals surface area contributed by atoms with Crippen LogP contribution < -0.4 is 10.2 Å². The van der Waals surface area contributed by atoms with E-state index in [2.05, 4.69) is 22.4 Å². The van der Waals surface area contributed by atoms with E-state index in [1.807, 2.05) is 55.4 Å². The second-order valence-corrected chi connectivity index (χ2v) is 6.36. The van der Waals surface area contributed by atoms with Gasteiger partial charge in [0.2, 0.25) is 0 Å². The number of nitrogens with zero attached hydrogens (tertiary/aromatic N) is 2. The lowest BCUT2D eigenvalue weighted by Crippen LogP contribution is -2.11. The number of rotatable bonds is 4. The highest BCUT2D eigenvalue weighted by molar-refractivity contribution is 6.42. The molecule has 118 valence electrons. The van der Waals surface area contributed by atoms with Gasteiger partial charge in [-0.3, -0.25) is 0 Å². The monoisotopic (exact) mass is 345 g/mol. The van der Waals surface area contributed by atoms with Gasteiger partial charge in [-0.15, -0.1) is 0 Å². The standard InChI is InChI=1S/C18H17Cl2N3/c1-23(2)18-10-17(13-5-3-4-6-16(13)22-18)21-11-12-7-8-14(19)15(20)9-12/h3-10H,11H2,1-2H3,(H,21,22). The fourth-order valence-corrected chi connectivity index (χ4v) is 2.70. The molecule has 0 unspecified atom stereocenters. The summed E-state index contributed by atoms with van der Waals surface area (Å²) in [5.41, 5.74) is 3.09.